The molecule has 6 amide bonds. The molecular formula is C43H46N14O4. The third kappa shape index (κ3) is 8.64. The van der Waals surface area contributed by atoms with Crippen LogP contribution in [-0.2, 0) is 11.1 Å². The number of aromatic nitrogens is 4. The van der Waals surface area contributed by atoms with Crippen LogP contribution in [0, 0.1) is 36.5 Å². The number of nitrogens with one attached hydrogen (secondary N) is 5. The largest absolute Gasteiger partial charge is 0.365 e. The van der Waals surface area contributed by atoms with Crippen molar-refractivity contribution in [3.8, 4) is 12.1 Å². The zero-order chi connectivity index (χ0) is 43.3. The molecule has 2 aliphatic heterocycles. The number of nitrogens with two attached hydrogens (primary N) is 1. The van der Waals surface area contributed by atoms with Gasteiger partial charge >= 0.3 is 12.1 Å². The van der Waals surface area contributed by atoms with Crippen molar-refractivity contribution in [3.63, 3.8) is 0 Å². The molecule has 0 unspecified atom stereocenters. The maximum Gasteiger partial charge on any atom is 0.322 e. The zero-order valence-electron chi connectivity index (χ0n) is 34.0. The van der Waals surface area contributed by atoms with Gasteiger partial charge in [0, 0.05) is 41.7 Å². The number of para-hydroxylation sites is 1. The number of rotatable bonds is 14. The summed E-state index contributed by atoms with van der Waals surface area (Å²) in [4.78, 5) is 55.5. The number of urea groups is 2. The van der Waals surface area contributed by atoms with Crippen molar-refractivity contribution >= 4 is 58.3 Å². The normalized spacial score (nSPS) is 14.6. The van der Waals surface area contributed by atoms with Gasteiger partial charge in [0.15, 0.2) is 11.6 Å². The van der Waals surface area contributed by atoms with E-state index >= 15 is 0 Å². The molecule has 3 aromatic carbocycles. The van der Waals surface area contributed by atoms with E-state index < -0.39 is 22.9 Å². The first-order chi connectivity index (χ1) is 29.4. The molecule has 2 aliphatic rings. The molecule has 7 rings (SSSR count). The Morgan fingerprint density at radius 2 is 1.26 bits per heavy atom. The van der Waals surface area contributed by atoms with E-state index in [1.807, 2.05) is 69.3 Å². The highest BCUT2D eigenvalue weighted by atomic mass is 16.2. The number of nitrogens with zero attached hydrogens (tertiary/aromatic N) is 8. The lowest BCUT2D eigenvalue weighted by Crippen LogP contribution is -2.66. The first kappa shape index (κ1) is 41.3. The lowest BCUT2D eigenvalue weighted by Gasteiger charge is -2.48. The number of hydrogen-bond acceptors (Lipinski definition) is 10. The fraction of sp³-hybridized carbons (Fsp3) is 0.302. The molecule has 0 radical (unpaired) electrons. The summed E-state index contributed by atoms with van der Waals surface area (Å²) >= 11 is 0. The monoisotopic (exact) mass is 822 g/mol. The summed E-state index contributed by atoms with van der Waals surface area (Å²) in [6, 6.07) is 25.6. The molecule has 0 saturated carbocycles. The molecule has 312 valence electrons. The fourth-order valence-electron chi connectivity index (χ4n) is 7.47. The molecule has 18 nitrogen and oxygen atoms in total. The highest BCUT2D eigenvalue weighted by Crippen LogP contribution is 2.36. The number of carbonyl (C=O) groups excluding carboxylic acids is 4. The van der Waals surface area contributed by atoms with Crippen LogP contribution in [0.1, 0.15) is 58.0 Å². The minimum absolute atomic E-state index is 0.0476. The third-order valence-electron chi connectivity index (χ3n) is 10.8. The number of benzene rings is 3. The lowest BCUT2D eigenvalue weighted by atomic mass is 9.87. The van der Waals surface area contributed by atoms with Gasteiger partial charge in [0.1, 0.15) is 22.2 Å². The van der Waals surface area contributed by atoms with Crippen LogP contribution in [-0.4, -0.2) is 86.0 Å². The van der Waals surface area contributed by atoms with E-state index in [0.717, 1.165) is 17.5 Å². The maximum absolute atomic E-state index is 14.0. The highest BCUT2D eigenvalue weighted by Gasteiger charge is 2.49. The molecular weight excluding hydrogens is 777 g/mol. The van der Waals surface area contributed by atoms with E-state index in [0.29, 0.717) is 29.3 Å². The SMILES string of the molecule is CCCNC(=O)N1CC(CC#N)(n2cc(C(N)=O)c(Nc3ccc(NC(=O)c4cn(C5(CC#N)CN(C(=O)Nc6ccc(C)cc6C)C5)nc4Nc4ccccc4)cc3)n2)C1. The number of aryl methyl sites for hydroxylation is 2. The number of primary amides is 1. The average molecular weight is 823 g/mol. The summed E-state index contributed by atoms with van der Waals surface area (Å²) in [5.74, 6) is -0.772. The van der Waals surface area contributed by atoms with Gasteiger partial charge in [-0.05, 0) is 68.3 Å². The van der Waals surface area contributed by atoms with Crippen molar-refractivity contribution in [2.45, 2.75) is 51.1 Å². The van der Waals surface area contributed by atoms with Gasteiger partial charge in [-0.15, -0.1) is 0 Å². The Labute approximate surface area is 352 Å². The molecule has 18 heteroatoms. The number of hydrogen-bond donors (Lipinski definition) is 6. The fourth-order valence-corrected chi connectivity index (χ4v) is 7.47. The van der Waals surface area contributed by atoms with Gasteiger partial charge in [-0.2, -0.15) is 20.7 Å². The van der Waals surface area contributed by atoms with Crippen LogP contribution in [0.3, 0.4) is 0 Å². The minimum Gasteiger partial charge on any atom is -0.365 e. The highest BCUT2D eigenvalue weighted by molar-refractivity contribution is 6.08. The van der Waals surface area contributed by atoms with Crippen LogP contribution in [0.4, 0.5) is 44.0 Å². The number of nitriles is 2. The van der Waals surface area contributed by atoms with E-state index in [9.17, 15) is 29.7 Å². The minimum atomic E-state index is -0.875. The predicted molar refractivity (Wildman–Crippen MR) is 229 cm³/mol. The van der Waals surface area contributed by atoms with Crippen LogP contribution < -0.4 is 32.3 Å². The molecule has 0 atom stereocenters. The van der Waals surface area contributed by atoms with Gasteiger partial charge in [-0.25, -0.2) is 9.59 Å². The topological polar surface area (TPSA) is 244 Å². The Morgan fingerprint density at radius 1 is 0.721 bits per heavy atom. The van der Waals surface area contributed by atoms with Crippen LogP contribution >= 0.6 is 0 Å². The molecule has 0 aliphatic carbocycles. The standard InChI is InChI=1S/C43H46N14O4/c1-4-20-47-40(60)54-24-42(25-54,16-18-44)56-22-33(36(46)58)37(52-56)49-31-11-13-32(14-12-31)50-39(59)34-23-57(53-38(34)48-30-8-6-5-7-9-30)43(17-19-45)26-55(27-43)41(61)51-35-15-10-28(2)21-29(35)3/h5-15,21-23H,4,16-17,20,24-27H2,1-3H3,(H2,46,58)(H,47,60)(H,48,53)(H,49,52)(H,50,59)(H,51,61). The van der Waals surface area contributed by atoms with E-state index in [4.69, 9.17) is 10.8 Å². The summed E-state index contributed by atoms with van der Waals surface area (Å²) < 4.78 is 3.13. The predicted octanol–water partition coefficient (Wildman–Crippen LogP) is 5.74. The third-order valence-corrected chi connectivity index (χ3v) is 10.8. The molecule has 0 bridgehead atoms. The quantitative estimate of drug-likeness (QED) is 0.0794. The Bertz CT molecular complexity index is 2540. The molecule has 2 fully saturated rings. The van der Waals surface area contributed by atoms with Gasteiger partial charge < -0.3 is 42.1 Å². The molecule has 2 saturated heterocycles. The van der Waals surface area contributed by atoms with Crippen LogP contribution in [0.25, 0.3) is 0 Å². The number of anilines is 6. The van der Waals surface area contributed by atoms with Crippen molar-refractivity contribution in [1.82, 2.24) is 34.7 Å². The van der Waals surface area contributed by atoms with E-state index in [1.165, 1.54) is 10.9 Å². The summed E-state index contributed by atoms with van der Waals surface area (Å²) in [7, 11) is 0. The Morgan fingerprint density at radius 3 is 1.82 bits per heavy atom. The summed E-state index contributed by atoms with van der Waals surface area (Å²) in [5, 5.41) is 43.9. The zero-order valence-corrected chi connectivity index (χ0v) is 34.0. The molecule has 7 N–H and O–H groups in total. The van der Waals surface area contributed by atoms with Gasteiger partial charge in [0.05, 0.1) is 51.2 Å². The first-order valence-electron chi connectivity index (χ1n) is 19.8. The van der Waals surface area contributed by atoms with E-state index in [1.54, 1.807) is 44.9 Å². The van der Waals surface area contributed by atoms with Crippen molar-refractivity contribution < 1.29 is 19.2 Å². The summed E-state index contributed by atoms with van der Waals surface area (Å²) in [6.07, 6.45) is 3.97. The molecule has 5 aromatic rings. The smallest absolute Gasteiger partial charge is 0.322 e. The summed E-state index contributed by atoms with van der Waals surface area (Å²) in [6.45, 7) is 7.25. The van der Waals surface area contributed by atoms with Crippen molar-refractivity contribution in [3.05, 3.63) is 107 Å². The Kier molecular flexibility index (Phi) is 11.6. The molecule has 0 spiro atoms. The van der Waals surface area contributed by atoms with Crippen LogP contribution in [0.15, 0.2) is 85.2 Å². The van der Waals surface area contributed by atoms with Gasteiger partial charge in [0.2, 0.25) is 0 Å². The molecule has 2 aromatic heterocycles. The van der Waals surface area contributed by atoms with Crippen LogP contribution in [0.5, 0.6) is 0 Å². The number of carbonyl (C=O) groups is 4. The van der Waals surface area contributed by atoms with E-state index in [-0.39, 0.29) is 73.8 Å². The Balaban J connectivity index is 1.07. The second-order valence-corrected chi connectivity index (χ2v) is 15.5. The second-order valence-electron chi connectivity index (χ2n) is 15.5. The van der Waals surface area contributed by atoms with Crippen molar-refractivity contribution in [2.24, 2.45) is 5.73 Å². The Hall–Kier alpha value is -7.86. The molecule has 61 heavy (non-hydrogen) atoms. The van der Waals surface area contributed by atoms with Gasteiger partial charge in [-0.1, -0.05) is 42.8 Å². The average Bonchev–Trinajstić information content (AvgIpc) is 3.84. The van der Waals surface area contributed by atoms with Crippen molar-refractivity contribution in [1.29, 1.82) is 10.5 Å². The first-order valence-corrected chi connectivity index (χ1v) is 19.8. The van der Waals surface area contributed by atoms with Gasteiger partial charge in [0.25, 0.3) is 11.8 Å². The molecule has 4 heterocycles. The second kappa shape index (κ2) is 17.2. The van der Waals surface area contributed by atoms with Crippen molar-refractivity contribution in [2.75, 3.05) is 54.0 Å². The number of likely N-dealkylation sites (tertiary alicyclic amines) is 2. The summed E-state index contributed by atoms with van der Waals surface area (Å²) in [5.41, 5.74) is 8.73. The maximum atomic E-state index is 14.0. The lowest BCUT2D eigenvalue weighted by molar-refractivity contribution is 0.0347. The van der Waals surface area contributed by atoms with Crippen LogP contribution in [0.2, 0.25) is 0 Å². The van der Waals surface area contributed by atoms with Gasteiger partial charge in [-0.3, -0.25) is 19.0 Å². The van der Waals surface area contributed by atoms with E-state index in [2.05, 4.69) is 43.8 Å². The number of amides is 6.